The maximum absolute atomic E-state index is 12.2. The Morgan fingerprint density at radius 2 is 2.23 bits per heavy atom. The maximum atomic E-state index is 12.2. The van der Waals surface area contributed by atoms with Gasteiger partial charge in [0.1, 0.15) is 18.0 Å². The first-order valence-electron chi connectivity index (χ1n) is 8.42. The number of amides is 2. The minimum absolute atomic E-state index is 0.0123. The molecule has 2 aromatic rings. The molecule has 1 aliphatic rings. The van der Waals surface area contributed by atoms with Gasteiger partial charge < -0.3 is 24.5 Å². The molecule has 1 unspecified atom stereocenters. The average molecular weight is 362 g/mol. The van der Waals surface area contributed by atoms with Crippen LogP contribution in [0.5, 0.6) is 0 Å². The molecule has 0 aromatic carbocycles. The van der Waals surface area contributed by atoms with Crippen molar-refractivity contribution in [3.05, 3.63) is 35.4 Å². The van der Waals surface area contributed by atoms with E-state index in [1.54, 1.807) is 19.1 Å². The van der Waals surface area contributed by atoms with E-state index in [9.17, 15) is 9.59 Å². The van der Waals surface area contributed by atoms with Gasteiger partial charge in [0, 0.05) is 18.5 Å². The van der Waals surface area contributed by atoms with Crippen molar-refractivity contribution in [3.8, 4) is 0 Å². The first-order chi connectivity index (χ1) is 12.4. The number of aromatic nitrogens is 2. The number of aryl methyl sites for hydroxylation is 1. The Bertz CT molecular complexity index is 782. The van der Waals surface area contributed by atoms with E-state index >= 15 is 0 Å². The molecule has 0 radical (unpaired) electrons. The van der Waals surface area contributed by atoms with Crippen LogP contribution < -0.4 is 10.6 Å². The fraction of sp³-hybridized carbons (Fsp3) is 0.471. The molecule has 3 N–H and O–H groups in total. The standard InChI is InChI=1S/C17H22N4O5/c1-9(2)18-17(23)26-11-6-14(25-8-11)13-7-15(21-20-13)19-16(22)12-4-5-24-10(12)3/h4-5,7,9,11,14H,6,8H2,1-3H3,(H,18,23)(H2,19,20,21,22)/t11-,14?/m1/s1. The number of nitrogens with zero attached hydrogens (tertiary/aromatic N) is 1. The number of ether oxygens (including phenoxy) is 2. The molecule has 0 saturated carbocycles. The molecular weight excluding hydrogens is 340 g/mol. The molecule has 2 atom stereocenters. The van der Waals surface area contributed by atoms with Crippen LogP contribution in [0.3, 0.4) is 0 Å². The largest absolute Gasteiger partial charge is 0.469 e. The van der Waals surface area contributed by atoms with Crippen LogP contribution in [0.2, 0.25) is 0 Å². The van der Waals surface area contributed by atoms with E-state index in [2.05, 4.69) is 20.8 Å². The van der Waals surface area contributed by atoms with E-state index in [0.717, 1.165) is 0 Å². The number of anilines is 1. The number of aromatic amines is 1. The summed E-state index contributed by atoms with van der Waals surface area (Å²) in [6, 6.07) is 3.31. The molecule has 1 aliphatic heterocycles. The molecule has 3 rings (SSSR count). The molecule has 140 valence electrons. The van der Waals surface area contributed by atoms with Gasteiger partial charge in [0.2, 0.25) is 0 Å². The normalized spacial score (nSPS) is 19.5. The predicted molar refractivity (Wildman–Crippen MR) is 91.8 cm³/mol. The van der Waals surface area contributed by atoms with Crippen molar-refractivity contribution in [1.82, 2.24) is 15.5 Å². The lowest BCUT2D eigenvalue weighted by atomic mass is 10.1. The number of alkyl carbamates (subject to hydrolysis) is 1. The van der Waals surface area contributed by atoms with Gasteiger partial charge >= 0.3 is 6.09 Å². The van der Waals surface area contributed by atoms with Crippen molar-refractivity contribution >= 4 is 17.8 Å². The van der Waals surface area contributed by atoms with E-state index < -0.39 is 6.09 Å². The number of hydrogen-bond acceptors (Lipinski definition) is 6. The average Bonchev–Trinajstić information content (AvgIpc) is 3.27. The maximum Gasteiger partial charge on any atom is 0.407 e. The van der Waals surface area contributed by atoms with Crippen LogP contribution in [0.15, 0.2) is 22.8 Å². The van der Waals surface area contributed by atoms with E-state index in [1.807, 2.05) is 13.8 Å². The van der Waals surface area contributed by atoms with Crippen LogP contribution in [0.4, 0.5) is 10.6 Å². The van der Waals surface area contributed by atoms with Crippen LogP contribution in [0, 0.1) is 6.92 Å². The molecule has 2 aromatic heterocycles. The fourth-order valence-corrected chi connectivity index (χ4v) is 2.69. The third-order valence-corrected chi connectivity index (χ3v) is 3.93. The van der Waals surface area contributed by atoms with Gasteiger partial charge in [0.05, 0.1) is 24.1 Å². The Morgan fingerprint density at radius 3 is 2.92 bits per heavy atom. The molecule has 1 saturated heterocycles. The summed E-state index contributed by atoms with van der Waals surface area (Å²) in [5.41, 5.74) is 1.16. The number of rotatable bonds is 5. The Hall–Kier alpha value is -2.81. The predicted octanol–water partition coefficient (Wildman–Crippen LogP) is 2.53. The lowest BCUT2D eigenvalue weighted by molar-refractivity contribution is 0.0682. The van der Waals surface area contributed by atoms with Crippen LogP contribution in [-0.2, 0) is 9.47 Å². The SMILES string of the molecule is Cc1occc1C(=O)Nc1cc(C2C[C@@H](OC(=O)NC(C)C)CO2)[nH]n1. The van der Waals surface area contributed by atoms with Gasteiger partial charge in [-0.25, -0.2) is 4.79 Å². The van der Waals surface area contributed by atoms with Gasteiger partial charge in [0.25, 0.3) is 5.91 Å². The second-order valence-corrected chi connectivity index (χ2v) is 6.44. The third kappa shape index (κ3) is 4.23. The van der Waals surface area contributed by atoms with Crippen LogP contribution >= 0.6 is 0 Å². The highest BCUT2D eigenvalue weighted by atomic mass is 16.6. The first kappa shape index (κ1) is 18.0. The van der Waals surface area contributed by atoms with Crippen LogP contribution in [-0.4, -0.2) is 41.0 Å². The van der Waals surface area contributed by atoms with E-state index in [4.69, 9.17) is 13.9 Å². The van der Waals surface area contributed by atoms with Gasteiger partial charge in [-0.3, -0.25) is 9.89 Å². The molecule has 0 aliphatic carbocycles. The molecule has 1 fully saturated rings. The smallest absolute Gasteiger partial charge is 0.407 e. The monoisotopic (exact) mass is 362 g/mol. The first-order valence-corrected chi connectivity index (χ1v) is 8.42. The highest BCUT2D eigenvalue weighted by molar-refractivity contribution is 6.04. The molecule has 3 heterocycles. The summed E-state index contributed by atoms with van der Waals surface area (Å²) in [6.45, 7) is 5.75. The minimum atomic E-state index is -0.456. The molecule has 0 bridgehead atoms. The number of hydrogen-bond donors (Lipinski definition) is 3. The zero-order valence-corrected chi connectivity index (χ0v) is 14.9. The minimum Gasteiger partial charge on any atom is -0.469 e. The zero-order chi connectivity index (χ0) is 18.7. The van der Waals surface area contributed by atoms with E-state index in [1.165, 1.54) is 6.26 Å². The molecule has 9 heteroatoms. The van der Waals surface area contributed by atoms with Crippen molar-refractivity contribution in [3.63, 3.8) is 0 Å². The summed E-state index contributed by atoms with van der Waals surface area (Å²) in [7, 11) is 0. The summed E-state index contributed by atoms with van der Waals surface area (Å²) in [6.07, 6.45) is 0.918. The summed E-state index contributed by atoms with van der Waals surface area (Å²) >= 11 is 0. The molecule has 0 spiro atoms. The van der Waals surface area contributed by atoms with Crippen LogP contribution in [0.1, 0.15) is 48.2 Å². The highest BCUT2D eigenvalue weighted by Crippen LogP contribution is 2.30. The number of carbonyl (C=O) groups is 2. The lowest BCUT2D eigenvalue weighted by Gasteiger charge is -2.13. The number of nitrogens with one attached hydrogen (secondary N) is 3. The lowest BCUT2D eigenvalue weighted by Crippen LogP contribution is -2.33. The fourth-order valence-electron chi connectivity index (χ4n) is 2.69. The molecule has 2 amide bonds. The van der Waals surface area contributed by atoms with Gasteiger partial charge in [-0.15, -0.1) is 0 Å². The number of carbonyl (C=O) groups excluding carboxylic acids is 2. The number of furan rings is 1. The van der Waals surface area contributed by atoms with Crippen LogP contribution in [0.25, 0.3) is 0 Å². The Kier molecular flexibility index (Phi) is 5.27. The molecule has 26 heavy (non-hydrogen) atoms. The van der Waals surface area contributed by atoms with Crippen molar-refractivity contribution in [2.24, 2.45) is 0 Å². The summed E-state index contributed by atoms with van der Waals surface area (Å²) in [5, 5.41) is 12.3. The summed E-state index contributed by atoms with van der Waals surface area (Å²) in [5.74, 6) is 0.626. The van der Waals surface area contributed by atoms with Crippen molar-refractivity contribution in [1.29, 1.82) is 0 Å². The van der Waals surface area contributed by atoms with Gasteiger partial charge in [-0.05, 0) is 26.8 Å². The topological polar surface area (TPSA) is 118 Å². The number of H-pyrrole nitrogens is 1. The Balaban J connectivity index is 1.54. The highest BCUT2D eigenvalue weighted by Gasteiger charge is 2.31. The summed E-state index contributed by atoms with van der Waals surface area (Å²) < 4.78 is 16.1. The summed E-state index contributed by atoms with van der Waals surface area (Å²) in [4.78, 5) is 23.8. The quantitative estimate of drug-likeness (QED) is 0.752. The molecule has 9 nitrogen and oxygen atoms in total. The van der Waals surface area contributed by atoms with Gasteiger partial charge in [-0.2, -0.15) is 5.10 Å². The van der Waals surface area contributed by atoms with Crippen molar-refractivity contribution in [2.45, 2.75) is 45.4 Å². The molecular formula is C17H22N4O5. The third-order valence-electron chi connectivity index (χ3n) is 3.93. The van der Waals surface area contributed by atoms with Crippen molar-refractivity contribution < 1.29 is 23.5 Å². The van der Waals surface area contributed by atoms with E-state index in [0.29, 0.717) is 35.9 Å². The van der Waals surface area contributed by atoms with Gasteiger partial charge in [0.15, 0.2) is 5.82 Å². The Morgan fingerprint density at radius 1 is 1.42 bits per heavy atom. The van der Waals surface area contributed by atoms with Crippen molar-refractivity contribution in [2.75, 3.05) is 11.9 Å². The zero-order valence-electron chi connectivity index (χ0n) is 14.9. The second-order valence-electron chi connectivity index (χ2n) is 6.44. The Labute approximate surface area is 150 Å². The van der Waals surface area contributed by atoms with Gasteiger partial charge in [-0.1, -0.05) is 0 Å². The van der Waals surface area contributed by atoms with E-state index in [-0.39, 0.29) is 24.2 Å². The second kappa shape index (κ2) is 7.61.